The Morgan fingerprint density at radius 1 is 1.26 bits per heavy atom. The van der Waals surface area contributed by atoms with Gasteiger partial charge in [-0.2, -0.15) is 0 Å². The first-order valence-corrected chi connectivity index (χ1v) is 7.61. The number of carbonyl (C=O) groups is 1. The lowest BCUT2D eigenvalue weighted by atomic mass is 9.79. The summed E-state index contributed by atoms with van der Waals surface area (Å²) in [6.07, 6.45) is 5.69. The van der Waals surface area contributed by atoms with Gasteiger partial charge in [0, 0.05) is 12.1 Å². The smallest absolute Gasteiger partial charge is 0.234 e. The maximum absolute atomic E-state index is 11.8. The van der Waals surface area contributed by atoms with E-state index in [4.69, 9.17) is 0 Å². The lowest BCUT2D eigenvalue weighted by molar-refractivity contribution is -0.121. The van der Waals surface area contributed by atoms with Crippen LogP contribution < -0.4 is 10.6 Å². The molecule has 2 unspecified atom stereocenters. The van der Waals surface area contributed by atoms with Crippen molar-refractivity contribution in [3.05, 3.63) is 0 Å². The van der Waals surface area contributed by atoms with Gasteiger partial charge in [-0.15, -0.1) is 0 Å². The molecule has 0 spiro atoms. The fourth-order valence-electron chi connectivity index (χ4n) is 2.67. The summed E-state index contributed by atoms with van der Waals surface area (Å²) in [7, 11) is 0. The van der Waals surface area contributed by atoms with Crippen LogP contribution in [0.25, 0.3) is 0 Å². The van der Waals surface area contributed by atoms with Crippen molar-refractivity contribution in [1.29, 1.82) is 0 Å². The van der Waals surface area contributed by atoms with Crippen molar-refractivity contribution in [3.63, 3.8) is 0 Å². The van der Waals surface area contributed by atoms with E-state index in [9.17, 15) is 9.90 Å². The van der Waals surface area contributed by atoms with E-state index in [-0.39, 0.29) is 18.1 Å². The van der Waals surface area contributed by atoms with Crippen molar-refractivity contribution in [2.24, 2.45) is 11.8 Å². The largest absolute Gasteiger partial charge is 0.396 e. The molecule has 0 aromatic carbocycles. The first kappa shape index (κ1) is 16.4. The third kappa shape index (κ3) is 5.91. The molecule has 1 amide bonds. The second-order valence-electron chi connectivity index (χ2n) is 6.40. The summed E-state index contributed by atoms with van der Waals surface area (Å²) in [5.41, 5.74) is -0.128. The van der Waals surface area contributed by atoms with Crippen molar-refractivity contribution in [3.8, 4) is 0 Å². The number of rotatable bonds is 7. The van der Waals surface area contributed by atoms with Crippen LogP contribution >= 0.6 is 0 Å². The maximum atomic E-state index is 11.8. The Morgan fingerprint density at radius 3 is 2.47 bits per heavy atom. The molecule has 2 atom stereocenters. The molecule has 0 bridgehead atoms. The van der Waals surface area contributed by atoms with Crippen LogP contribution in [-0.2, 0) is 4.79 Å². The zero-order valence-corrected chi connectivity index (χ0v) is 12.7. The van der Waals surface area contributed by atoms with Crippen LogP contribution in [0, 0.1) is 11.8 Å². The SMILES string of the molecule is CCC(C)(C)NC(=O)CNCC1CCCCC1CO. The molecule has 0 saturated heterocycles. The Balaban J connectivity index is 2.23. The summed E-state index contributed by atoms with van der Waals surface area (Å²) >= 11 is 0. The highest BCUT2D eigenvalue weighted by molar-refractivity contribution is 5.78. The molecular formula is C15H30N2O2. The molecule has 1 rings (SSSR count). The second-order valence-corrected chi connectivity index (χ2v) is 6.40. The number of aliphatic hydroxyl groups is 1. The van der Waals surface area contributed by atoms with Gasteiger partial charge in [-0.25, -0.2) is 0 Å². The maximum Gasteiger partial charge on any atom is 0.234 e. The molecule has 1 aliphatic rings. The normalized spacial score (nSPS) is 24.2. The van der Waals surface area contributed by atoms with E-state index in [1.807, 2.05) is 13.8 Å². The zero-order valence-electron chi connectivity index (χ0n) is 12.7. The molecule has 4 nitrogen and oxygen atoms in total. The van der Waals surface area contributed by atoms with E-state index in [0.29, 0.717) is 18.4 Å². The summed E-state index contributed by atoms with van der Waals surface area (Å²) in [5, 5.41) is 15.6. The number of hydrogen-bond donors (Lipinski definition) is 3. The number of aliphatic hydroxyl groups excluding tert-OH is 1. The first-order valence-electron chi connectivity index (χ1n) is 7.61. The lowest BCUT2D eigenvalue weighted by Gasteiger charge is -2.30. The number of carbonyl (C=O) groups excluding carboxylic acids is 1. The van der Waals surface area contributed by atoms with Gasteiger partial charge < -0.3 is 15.7 Å². The highest BCUT2D eigenvalue weighted by Crippen LogP contribution is 2.28. The van der Waals surface area contributed by atoms with Crippen LogP contribution in [0.15, 0.2) is 0 Å². The Bertz CT molecular complexity index is 279. The molecule has 1 aliphatic carbocycles. The molecule has 0 aromatic heterocycles. The minimum atomic E-state index is -0.128. The molecule has 0 radical (unpaired) electrons. The highest BCUT2D eigenvalue weighted by Gasteiger charge is 2.24. The van der Waals surface area contributed by atoms with E-state index in [0.717, 1.165) is 19.4 Å². The fraction of sp³-hybridized carbons (Fsp3) is 0.933. The van der Waals surface area contributed by atoms with Gasteiger partial charge in [0.1, 0.15) is 0 Å². The summed E-state index contributed by atoms with van der Waals surface area (Å²) in [6, 6.07) is 0. The number of hydrogen-bond acceptors (Lipinski definition) is 3. The molecule has 1 fully saturated rings. The van der Waals surface area contributed by atoms with E-state index in [1.165, 1.54) is 19.3 Å². The Hall–Kier alpha value is -0.610. The van der Waals surface area contributed by atoms with Crippen LogP contribution in [0.1, 0.15) is 52.9 Å². The van der Waals surface area contributed by atoms with E-state index in [1.54, 1.807) is 0 Å². The first-order chi connectivity index (χ1) is 8.98. The minimum absolute atomic E-state index is 0.0585. The highest BCUT2D eigenvalue weighted by atomic mass is 16.3. The van der Waals surface area contributed by atoms with Crippen LogP contribution in [0.5, 0.6) is 0 Å². The molecule has 112 valence electrons. The van der Waals surface area contributed by atoms with Crippen molar-refractivity contribution in [2.45, 2.75) is 58.4 Å². The van der Waals surface area contributed by atoms with Gasteiger partial charge in [0.15, 0.2) is 0 Å². The van der Waals surface area contributed by atoms with E-state index in [2.05, 4.69) is 17.6 Å². The quantitative estimate of drug-likeness (QED) is 0.659. The summed E-state index contributed by atoms with van der Waals surface area (Å²) in [5.74, 6) is 0.991. The predicted molar refractivity (Wildman–Crippen MR) is 77.9 cm³/mol. The lowest BCUT2D eigenvalue weighted by Crippen LogP contribution is -2.47. The van der Waals surface area contributed by atoms with Gasteiger partial charge in [0.2, 0.25) is 5.91 Å². The van der Waals surface area contributed by atoms with Gasteiger partial charge in [-0.3, -0.25) is 4.79 Å². The number of amides is 1. The van der Waals surface area contributed by atoms with Crippen LogP contribution in [0.2, 0.25) is 0 Å². The molecule has 0 heterocycles. The molecule has 0 aliphatic heterocycles. The average molecular weight is 270 g/mol. The second kappa shape index (κ2) is 7.85. The Labute approximate surface area is 117 Å². The van der Waals surface area contributed by atoms with Gasteiger partial charge in [-0.05, 0) is 51.5 Å². The third-order valence-corrected chi connectivity index (χ3v) is 4.35. The Kier molecular flexibility index (Phi) is 6.80. The monoisotopic (exact) mass is 270 g/mol. The zero-order chi connectivity index (χ0) is 14.3. The van der Waals surface area contributed by atoms with Gasteiger partial charge in [0.25, 0.3) is 0 Å². The van der Waals surface area contributed by atoms with Crippen LogP contribution in [-0.4, -0.2) is 36.2 Å². The molecule has 0 aromatic rings. The van der Waals surface area contributed by atoms with Crippen molar-refractivity contribution < 1.29 is 9.90 Å². The number of nitrogens with one attached hydrogen (secondary N) is 2. The summed E-state index contributed by atoms with van der Waals surface area (Å²) < 4.78 is 0. The predicted octanol–water partition coefficient (Wildman–Crippen LogP) is 1.68. The van der Waals surface area contributed by atoms with Crippen molar-refractivity contribution in [2.75, 3.05) is 19.7 Å². The molecule has 3 N–H and O–H groups in total. The van der Waals surface area contributed by atoms with Crippen molar-refractivity contribution >= 4 is 5.91 Å². The van der Waals surface area contributed by atoms with Gasteiger partial charge in [-0.1, -0.05) is 19.8 Å². The van der Waals surface area contributed by atoms with Crippen molar-refractivity contribution in [1.82, 2.24) is 10.6 Å². The third-order valence-electron chi connectivity index (χ3n) is 4.35. The molecule has 4 heteroatoms. The Morgan fingerprint density at radius 2 is 1.89 bits per heavy atom. The van der Waals surface area contributed by atoms with E-state index >= 15 is 0 Å². The van der Waals surface area contributed by atoms with Gasteiger partial charge in [0.05, 0.1) is 6.54 Å². The van der Waals surface area contributed by atoms with Crippen LogP contribution in [0.4, 0.5) is 0 Å². The fourth-order valence-corrected chi connectivity index (χ4v) is 2.67. The summed E-state index contributed by atoms with van der Waals surface area (Å²) in [6.45, 7) is 7.63. The van der Waals surface area contributed by atoms with E-state index < -0.39 is 0 Å². The standard InChI is InChI=1S/C15H30N2O2/c1-4-15(2,3)17-14(19)10-16-9-12-7-5-6-8-13(12)11-18/h12-13,16,18H,4-11H2,1-3H3,(H,17,19). The molecular weight excluding hydrogens is 240 g/mol. The average Bonchev–Trinajstić information content (AvgIpc) is 2.38. The minimum Gasteiger partial charge on any atom is -0.396 e. The molecule has 1 saturated carbocycles. The molecule has 19 heavy (non-hydrogen) atoms. The van der Waals surface area contributed by atoms with Gasteiger partial charge >= 0.3 is 0 Å². The topological polar surface area (TPSA) is 61.4 Å². The summed E-state index contributed by atoms with van der Waals surface area (Å²) in [4.78, 5) is 11.8. The van der Waals surface area contributed by atoms with Crippen LogP contribution in [0.3, 0.4) is 0 Å².